The molecule has 2 heterocycles. The predicted molar refractivity (Wildman–Crippen MR) is 206 cm³/mol. The average Bonchev–Trinajstić information content (AvgIpc) is 3.20. The molecule has 0 radical (unpaired) electrons. The second-order valence-corrected chi connectivity index (χ2v) is 15.2. The molecule has 0 aromatic heterocycles. The number of carbonyl (C=O) groups is 4. The van der Waals surface area contributed by atoms with Gasteiger partial charge in [-0.25, -0.2) is 0 Å². The number of benzene rings is 3. The molecule has 4 aliphatic carbocycles. The molecule has 274 valence electrons. The minimum Gasteiger partial charge on any atom is -0.497 e. The van der Waals surface area contributed by atoms with E-state index in [4.69, 9.17) is 9.47 Å². The number of allylic oxidation sites excluding steroid dienone is 8. The number of Topliss-reactive ketones (excluding diaryl/α,β-unsaturated/α-hetero) is 4. The van der Waals surface area contributed by atoms with E-state index in [0.717, 1.165) is 108 Å². The number of ether oxygens (including phenoxy) is 2. The quantitative estimate of drug-likeness (QED) is 0.249. The molecule has 0 atom stereocenters. The minimum atomic E-state index is -0.474. The Bertz CT molecular complexity index is 2010. The number of hydrogen-bond acceptors (Lipinski definition) is 8. The van der Waals surface area contributed by atoms with Gasteiger partial charge in [-0.3, -0.25) is 19.2 Å². The Balaban J connectivity index is 1.18. The molecule has 6 aliphatic rings. The van der Waals surface area contributed by atoms with Crippen LogP contribution in [0.15, 0.2) is 118 Å². The highest BCUT2D eigenvalue weighted by Gasteiger charge is 2.46. The summed E-state index contributed by atoms with van der Waals surface area (Å²) in [7, 11) is 3.29. The van der Waals surface area contributed by atoms with Crippen LogP contribution >= 0.6 is 0 Å². The lowest BCUT2D eigenvalue weighted by atomic mass is 9.69. The molecule has 3 aromatic carbocycles. The molecule has 0 saturated heterocycles. The summed E-state index contributed by atoms with van der Waals surface area (Å²) in [6.45, 7) is 0. The molecule has 0 N–H and O–H groups in total. The third-order valence-electron chi connectivity index (χ3n) is 12.2. The monoisotopic (exact) mass is 720 g/mol. The fourth-order valence-electron chi connectivity index (χ4n) is 9.91. The highest BCUT2D eigenvalue weighted by atomic mass is 16.5. The van der Waals surface area contributed by atoms with Crippen molar-refractivity contribution in [3.8, 4) is 11.5 Å². The van der Waals surface area contributed by atoms with E-state index in [1.54, 1.807) is 14.2 Å². The van der Waals surface area contributed by atoms with Crippen molar-refractivity contribution in [2.45, 2.75) is 88.9 Å². The van der Waals surface area contributed by atoms with Gasteiger partial charge in [0.15, 0.2) is 23.1 Å². The van der Waals surface area contributed by atoms with Gasteiger partial charge in [-0.05, 0) is 86.8 Å². The van der Waals surface area contributed by atoms with Gasteiger partial charge in [0, 0.05) is 106 Å². The van der Waals surface area contributed by atoms with Crippen molar-refractivity contribution in [2.75, 3.05) is 24.0 Å². The van der Waals surface area contributed by atoms with Crippen LogP contribution < -0.4 is 19.3 Å². The van der Waals surface area contributed by atoms with Crippen LogP contribution in [0, 0.1) is 0 Å². The first-order valence-corrected chi connectivity index (χ1v) is 19.4. The average molecular weight is 721 g/mol. The lowest BCUT2D eigenvalue weighted by Gasteiger charge is -2.44. The zero-order chi connectivity index (χ0) is 37.1. The number of methoxy groups -OCH3 is 2. The highest BCUT2D eigenvalue weighted by Crippen LogP contribution is 2.53. The van der Waals surface area contributed by atoms with E-state index in [1.165, 1.54) is 0 Å². The molecule has 0 saturated carbocycles. The van der Waals surface area contributed by atoms with Gasteiger partial charge in [-0.1, -0.05) is 36.4 Å². The lowest BCUT2D eigenvalue weighted by Crippen LogP contribution is -2.39. The van der Waals surface area contributed by atoms with Crippen molar-refractivity contribution in [2.24, 2.45) is 0 Å². The Labute approximate surface area is 315 Å². The van der Waals surface area contributed by atoms with Crippen LogP contribution in [0.2, 0.25) is 0 Å². The first kappa shape index (κ1) is 34.3. The third-order valence-corrected chi connectivity index (χ3v) is 12.2. The molecule has 0 amide bonds. The molecule has 54 heavy (non-hydrogen) atoms. The third kappa shape index (κ3) is 5.48. The van der Waals surface area contributed by atoms with E-state index in [1.807, 2.05) is 72.8 Å². The molecular weight excluding hydrogens is 677 g/mol. The van der Waals surface area contributed by atoms with E-state index in [-0.39, 0.29) is 23.1 Å². The maximum Gasteiger partial charge on any atom is 0.161 e. The van der Waals surface area contributed by atoms with Gasteiger partial charge in [-0.2, -0.15) is 0 Å². The fourth-order valence-corrected chi connectivity index (χ4v) is 9.91. The van der Waals surface area contributed by atoms with Crippen molar-refractivity contribution in [1.82, 2.24) is 0 Å². The summed E-state index contributed by atoms with van der Waals surface area (Å²) >= 11 is 0. The number of nitrogens with zero attached hydrogens (tertiary/aromatic N) is 2. The summed E-state index contributed by atoms with van der Waals surface area (Å²) in [6.07, 6.45) is 7.75. The van der Waals surface area contributed by atoms with E-state index >= 15 is 0 Å². The molecule has 3 aromatic rings. The van der Waals surface area contributed by atoms with Crippen LogP contribution in [-0.4, -0.2) is 37.4 Å². The number of anilines is 2. The van der Waals surface area contributed by atoms with Crippen LogP contribution in [0.5, 0.6) is 11.5 Å². The fraction of sp³-hybridized carbons (Fsp3) is 0.348. The van der Waals surface area contributed by atoms with Gasteiger partial charge >= 0.3 is 0 Å². The van der Waals surface area contributed by atoms with Crippen molar-refractivity contribution in [3.05, 3.63) is 129 Å². The topological polar surface area (TPSA) is 93.2 Å². The second-order valence-electron chi connectivity index (χ2n) is 15.2. The number of hydrogen-bond donors (Lipinski definition) is 0. The molecule has 0 bridgehead atoms. The SMILES string of the molecule is COc1cccc(N2C3=C(C(=O)CCC3)C(c3ccc(C4C5=C(CCCC5=O)N(c5cccc(OC)c5)C5=C4C(=O)CCC5)cc3)C3=C2CCCC3=O)c1. The van der Waals surface area contributed by atoms with Crippen molar-refractivity contribution in [3.63, 3.8) is 0 Å². The Morgan fingerprint density at radius 2 is 0.759 bits per heavy atom. The molecular formula is C46H44N2O6. The number of carbonyl (C=O) groups excluding carboxylic acids is 4. The van der Waals surface area contributed by atoms with Crippen LogP contribution in [0.1, 0.15) is 100 Å². The van der Waals surface area contributed by atoms with E-state index in [9.17, 15) is 19.2 Å². The van der Waals surface area contributed by atoms with Crippen LogP contribution in [0.25, 0.3) is 0 Å². The zero-order valence-electron chi connectivity index (χ0n) is 30.9. The maximum atomic E-state index is 14.0. The zero-order valence-corrected chi connectivity index (χ0v) is 30.9. The van der Waals surface area contributed by atoms with Crippen LogP contribution in [0.4, 0.5) is 11.4 Å². The van der Waals surface area contributed by atoms with Crippen molar-refractivity contribution < 1.29 is 28.7 Å². The standard InChI is InChI=1S/C46H44N2O6/c1-53-31-11-3-9-29(25-31)47-33-13-5-17-37(49)43(33)41(44-34(47)14-6-18-38(44)50)27-21-23-28(24-22-27)42-45-35(15-7-19-39(45)51)48(30-10-4-12-32(26-30)54-2)36-16-8-20-40(52)46(36)42/h3-4,9-12,21-26,41-42H,5-8,13-20H2,1-2H3. The molecule has 9 rings (SSSR count). The van der Waals surface area contributed by atoms with Gasteiger partial charge in [0.2, 0.25) is 0 Å². The van der Waals surface area contributed by atoms with Crippen LogP contribution in [-0.2, 0) is 19.2 Å². The summed E-state index contributed by atoms with van der Waals surface area (Å²) in [5.41, 5.74) is 10.3. The van der Waals surface area contributed by atoms with Crippen LogP contribution in [0.3, 0.4) is 0 Å². The van der Waals surface area contributed by atoms with Gasteiger partial charge in [0.25, 0.3) is 0 Å². The summed E-state index contributed by atoms with van der Waals surface area (Å²) in [6, 6.07) is 23.9. The van der Waals surface area contributed by atoms with Crippen molar-refractivity contribution >= 4 is 34.5 Å². The van der Waals surface area contributed by atoms with E-state index in [2.05, 4.69) is 9.80 Å². The molecule has 0 spiro atoms. The molecule has 2 aliphatic heterocycles. The molecule has 8 heteroatoms. The normalized spacial score (nSPS) is 21.0. The first-order chi connectivity index (χ1) is 26.4. The summed E-state index contributed by atoms with van der Waals surface area (Å²) < 4.78 is 11.2. The largest absolute Gasteiger partial charge is 0.497 e. The van der Waals surface area contributed by atoms with Gasteiger partial charge < -0.3 is 19.3 Å². The van der Waals surface area contributed by atoms with E-state index in [0.29, 0.717) is 48.0 Å². The predicted octanol–water partition coefficient (Wildman–Crippen LogP) is 8.94. The summed E-state index contributed by atoms with van der Waals surface area (Å²) in [4.78, 5) is 60.5. The highest BCUT2D eigenvalue weighted by molar-refractivity contribution is 6.09. The Morgan fingerprint density at radius 1 is 0.444 bits per heavy atom. The Kier molecular flexibility index (Phi) is 8.71. The smallest absolute Gasteiger partial charge is 0.161 e. The second kappa shape index (κ2) is 13.7. The Hall–Kier alpha value is -5.50. The Morgan fingerprint density at radius 3 is 1.06 bits per heavy atom. The van der Waals surface area contributed by atoms with Gasteiger partial charge in [-0.15, -0.1) is 0 Å². The first-order valence-electron chi connectivity index (χ1n) is 19.4. The molecule has 8 nitrogen and oxygen atoms in total. The van der Waals surface area contributed by atoms with Crippen molar-refractivity contribution in [1.29, 1.82) is 0 Å². The molecule has 0 fully saturated rings. The van der Waals surface area contributed by atoms with Gasteiger partial charge in [0.05, 0.1) is 14.2 Å². The number of rotatable bonds is 6. The van der Waals surface area contributed by atoms with E-state index < -0.39 is 11.8 Å². The lowest BCUT2D eigenvalue weighted by molar-refractivity contribution is -0.118. The number of ketones is 4. The summed E-state index contributed by atoms with van der Waals surface area (Å²) in [5.74, 6) is 0.820. The minimum absolute atomic E-state index is 0.0817. The maximum absolute atomic E-state index is 14.0. The molecule has 0 unspecified atom stereocenters. The van der Waals surface area contributed by atoms with Gasteiger partial charge in [0.1, 0.15) is 11.5 Å². The summed E-state index contributed by atoms with van der Waals surface area (Å²) in [5, 5.41) is 0.